The highest BCUT2D eigenvalue weighted by Gasteiger charge is 2.41. The molecular formula is C23H38IN3O3. The van der Waals surface area contributed by atoms with E-state index >= 15 is 0 Å². The number of rotatable bonds is 11. The van der Waals surface area contributed by atoms with Gasteiger partial charge in [0.25, 0.3) is 0 Å². The first-order valence-electron chi connectivity index (χ1n) is 11.1. The zero-order valence-electron chi connectivity index (χ0n) is 18.9. The summed E-state index contributed by atoms with van der Waals surface area (Å²) in [6, 6.07) is 4.22. The Hall–Kier alpha value is -1.22. The molecule has 1 unspecified atom stereocenters. The summed E-state index contributed by atoms with van der Waals surface area (Å²) < 4.78 is 17.4. The monoisotopic (exact) mass is 531 g/mol. The van der Waals surface area contributed by atoms with Crippen LogP contribution in [0, 0.1) is 5.41 Å². The molecule has 170 valence electrons. The molecule has 3 rings (SSSR count). The van der Waals surface area contributed by atoms with Crippen molar-refractivity contribution in [2.75, 3.05) is 32.9 Å². The molecule has 2 N–H and O–H groups in total. The zero-order chi connectivity index (χ0) is 20.7. The molecule has 1 heterocycles. The molecular weight excluding hydrogens is 493 g/mol. The smallest absolute Gasteiger partial charge is 0.191 e. The van der Waals surface area contributed by atoms with Crippen molar-refractivity contribution in [3.63, 3.8) is 0 Å². The molecule has 1 saturated carbocycles. The molecule has 1 aliphatic carbocycles. The van der Waals surface area contributed by atoms with Gasteiger partial charge in [-0.2, -0.15) is 0 Å². The van der Waals surface area contributed by atoms with Crippen LogP contribution in [0.1, 0.15) is 58.1 Å². The Labute approximate surface area is 198 Å². The topological polar surface area (TPSA) is 64.1 Å². The Kier molecular flexibility index (Phi) is 10.0. The fraction of sp³-hybridized carbons (Fsp3) is 0.696. The van der Waals surface area contributed by atoms with E-state index in [-0.39, 0.29) is 30.1 Å². The van der Waals surface area contributed by atoms with E-state index in [1.54, 1.807) is 0 Å². The summed E-state index contributed by atoms with van der Waals surface area (Å²) in [6.07, 6.45) is 4.81. The van der Waals surface area contributed by atoms with Gasteiger partial charge in [-0.25, -0.2) is 4.99 Å². The minimum Gasteiger partial charge on any atom is -0.494 e. The number of hydrogen-bond donors (Lipinski definition) is 2. The predicted molar refractivity (Wildman–Crippen MR) is 132 cm³/mol. The van der Waals surface area contributed by atoms with E-state index < -0.39 is 0 Å². The van der Waals surface area contributed by atoms with Gasteiger partial charge in [0.2, 0.25) is 0 Å². The molecule has 1 aliphatic heterocycles. The first-order valence-corrected chi connectivity index (χ1v) is 11.1. The van der Waals surface area contributed by atoms with Crippen molar-refractivity contribution >= 4 is 29.9 Å². The number of fused-ring (bicyclic) bond motifs is 1. The number of hydrogen-bond acceptors (Lipinski definition) is 4. The second kappa shape index (κ2) is 12.0. The lowest BCUT2D eigenvalue weighted by atomic mass is 10.0. The van der Waals surface area contributed by atoms with Gasteiger partial charge in [-0.1, -0.05) is 0 Å². The van der Waals surface area contributed by atoms with E-state index in [9.17, 15) is 0 Å². The molecule has 0 aromatic heterocycles. The van der Waals surface area contributed by atoms with Crippen LogP contribution in [0.25, 0.3) is 0 Å². The van der Waals surface area contributed by atoms with E-state index in [0.717, 1.165) is 62.2 Å². The van der Waals surface area contributed by atoms with Crippen LogP contribution in [-0.4, -0.2) is 45.0 Å². The molecule has 7 heteroatoms. The number of nitrogens with one attached hydrogen (secondary N) is 2. The van der Waals surface area contributed by atoms with Gasteiger partial charge in [0.15, 0.2) is 5.96 Å². The number of aliphatic imine (C=N–C) groups is 1. The van der Waals surface area contributed by atoms with E-state index in [4.69, 9.17) is 19.2 Å². The van der Waals surface area contributed by atoms with Gasteiger partial charge in [-0.3, -0.25) is 0 Å². The number of halogens is 1. The summed E-state index contributed by atoms with van der Waals surface area (Å²) in [5.41, 5.74) is 2.66. The van der Waals surface area contributed by atoms with Crippen LogP contribution in [0.2, 0.25) is 0 Å². The van der Waals surface area contributed by atoms with Gasteiger partial charge < -0.3 is 24.8 Å². The number of ether oxygens (including phenoxy) is 3. The third kappa shape index (κ3) is 6.90. The lowest BCUT2D eigenvalue weighted by Gasteiger charge is -2.18. The molecule has 1 fully saturated rings. The highest BCUT2D eigenvalue weighted by Crippen LogP contribution is 2.48. The third-order valence-electron chi connectivity index (χ3n) is 5.70. The molecule has 6 nitrogen and oxygen atoms in total. The maximum absolute atomic E-state index is 5.93. The first kappa shape index (κ1) is 25.0. The quantitative estimate of drug-likeness (QED) is 0.193. The minimum atomic E-state index is 0. The Bertz CT molecular complexity index is 707. The minimum absolute atomic E-state index is 0. The summed E-state index contributed by atoms with van der Waals surface area (Å²) in [4.78, 5) is 4.83. The maximum atomic E-state index is 5.93. The van der Waals surface area contributed by atoms with Crippen molar-refractivity contribution in [2.24, 2.45) is 10.4 Å². The average Bonchev–Trinajstić information content (AvgIpc) is 3.37. The SMILES string of the molecule is CCNC(=NCc1cc2c(cc1OCC)CC(C)O2)NCC1(CCOCC)CC1.I. The van der Waals surface area contributed by atoms with Crippen molar-refractivity contribution in [2.45, 2.75) is 66.0 Å². The molecule has 1 aromatic carbocycles. The van der Waals surface area contributed by atoms with E-state index in [1.165, 1.54) is 18.4 Å². The van der Waals surface area contributed by atoms with Crippen LogP contribution < -0.4 is 20.1 Å². The molecule has 2 aliphatic rings. The second-order valence-electron chi connectivity index (χ2n) is 8.13. The Morgan fingerprint density at radius 3 is 2.67 bits per heavy atom. The van der Waals surface area contributed by atoms with Crippen LogP contribution in [-0.2, 0) is 17.7 Å². The Morgan fingerprint density at radius 2 is 2.00 bits per heavy atom. The van der Waals surface area contributed by atoms with Crippen molar-refractivity contribution in [1.82, 2.24) is 10.6 Å². The van der Waals surface area contributed by atoms with Gasteiger partial charge in [-0.05, 0) is 64.5 Å². The Balaban J connectivity index is 0.00000320. The van der Waals surface area contributed by atoms with Gasteiger partial charge in [0.1, 0.15) is 17.6 Å². The lowest BCUT2D eigenvalue weighted by Crippen LogP contribution is -2.40. The fourth-order valence-electron chi connectivity index (χ4n) is 3.80. The van der Waals surface area contributed by atoms with Crippen molar-refractivity contribution in [1.29, 1.82) is 0 Å². The number of nitrogens with zero attached hydrogens (tertiary/aromatic N) is 1. The van der Waals surface area contributed by atoms with E-state index in [1.807, 2.05) is 6.92 Å². The molecule has 0 radical (unpaired) electrons. The predicted octanol–water partition coefficient (Wildman–Crippen LogP) is 4.29. The molecule has 1 atom stereocenters. The van der Waals surface area contributed by atoms with Gasteiger partial charge in [-0.15, -0.1) is 24.0 Å². The van der Waals surface area contributed by atoms with Crippen LogP contribution in [0.5, 0.6) is 11.5 Å². The summed E-state index contributed by atoms with van der Waals surface area (Å²) in [5.74, 6) is 2.74. The van der Waals surface area contributed by atoms with Gasteiger partial charge in [0.05, 0.1) is 13.2 Å². The first-order chi connectivity index (χ1) is 14.1. The highest BCUT2D eigenvalue weighted by molar-refractivity contribution is 14.0. The third-order valence-corrected chi connectivity index (χ3v) is 5.70. The average molecular weight is 531 g/mol. The summed E-state index contributed by atoms with van der Waals surface area (Å²) in [5, 5.41) is 6.91. The number of guanidine groups is 1. The molecule has 0 saturated heterocycles. The van der Waals surface area contributed by atoms with E-state index in [2.05, 4.69) is 43.5 Å². The summed E-state index contributed by atoms with van der Waals surface area (Å²) in [7, 11) is 0. The van der Waals surface area contributed by atoms with E-state index in [0.29, 0.717) is 18.6 Å². The molecule has 0 bridgehead atoms. The molecule has 1 aromatic rings. The summed E-state index contributed by atoms with van der Waals surface area (Å²) >= 11 is 0. The lowest BCUT2D eigenvalue weighted by molar-refractivity contribution is 0.128. The van der Waals surface area contributed by atoms with Crippen LogP contribution in [0.4, 0.5) is 0 Å². The van der Waals surface area contributed by atoms with Crippen LogP contribution >= 0.6 is 24.0 Å². The van der Waals surface area contributed by atoms with Crippen molar-refractivity contribution in [3.8, 4) is 11.5 Å². The standard InChI is InChI=1S/C23H37N3O3.HI/c1-5-24-22(26-16-23(8-9-23)10-11-27-6-2)25-15-19-14-21-18(12-17(4)29-21)13-20(19)28-7-3;/h13-14,17H,5-12,15-16H2,1-4H3,(H2,24,25,26);1H. The Morgan fingerprint density at radius 1 is 1.20 bits per heavy atom. The van der Waals surface area contributed by atoms with Gasteiger partial charge >= 0.3 is 0 Å². The van der Waals surface area contributed by atoms with Gasteiger partial charge in [0, 0.05) is 43.9 Å². The zero-order valence-corrected chi connectivity index (χ0v) is 21.2. The highest BCUT2D eigenvalue weighted by atomic mass is 127. The van der Waals surface area contributed by atoms with Crippen LogP contribution in [0.15, 0.2) is 17.1 Å². The van der Waals surface area contributed by atoms with Crippen LogP contribution in [0.3, 0.4) is 0 Å². The fourth-order valence-corrected chi connectivity index (χ4v) is 3.80. The normalized spacial score (nSPS) is 18.8. The molecule has 30 heavy (non-hydrogen) atoms. The summed E-state index contributed by atoms with van der Waals surface area (Å²) in [6.45, 7) is 12.9. The number of benzene rings is 1. The van der Waals surface area contributed by atoms with Crippen molar-refractivity contribution < 1.29 is 14.2 Å². The largest absolute Gasteiger partial charge is 0.494 e. The second-order valence-corrected chi connectivity index (χ2v) is 8.13. The molecule has 0 spiro atoms. The van der Waals surface area contributed by atoms with Crippen molar-refractivity contribution in [3.05, 3.63) is 23.3 Å². The molecule has 0 amide bonds. The maximum Gasteiger partial charge on any atom is 0.191 e.